The average molecular weight is 722 g/mol. The molecule has 0 aliphatic heterocycles. The molecule has 56 heavy (non-hydrogen) atoms. The van der Waals surface area contributed by atoms with Crippen LogP contribution in [0.5, 0.6) is 0 Å². The van der Waals surface area contributed by atoms with Gasteiger partial charge in [-0.1, -0.05) is 118 Å². The highest BCUT2D eigenvalue weighted by Crippen LogP contribution is 2.41. The number of aromatic nitrogens is 4. The van der Waals surface area contributed by atoms with E-state index in [2.05, 4.69) is 158 Å². The van der Waals surface area contributed by atoms with Gasteiger partial charge >= 0.3 is 0 Å². The van der Waals surface area contributed by atoms with Crippen molar-refractivity contribution < 1.29 is 0 Å². The number of pyridine rings is 1. The van der Waals surface area contributed by atoms with Crippen molar-refractivity contribution in [1.29, 1.82) is 0 Å². The van der Waals surface area contributed by atoms with Gasteiger partial charge in [-0.3, -0.25) is 4.98 Å². The fourth-order valence-corrected chi connectivity index (χ4v) is 7.93. The van der Waals surface area contributed by atoms with Gasteiger partial charge in [-0.25, -0.2) is 9.97 Å². The lowest BCUT2D eigenvalue weighted by atomic mass is 9.86. The number of benzene rings is 7. The van der Waals surface area contributed by atoms with E-state index in [1.54, 1.807) is 0 Å². The minimum Gasteiger partial charge on any atom is -0.309 e. The summed E-state index contributed by atoms with van der Waals surface area (Å²) in [6.07, 6.45) is 1.87. The van der Waals surface area contributed by atoms with Crippen molar-refractivity contribution in [3.05, 3.63) is 188 Å². The smallest absolute Gasteiger partial charge is 0.0973 e. The second-order valence-corrected chi connectivity index (χ2v) is 15.4. The molecule has 0 aliphatic carbocycles. The molecule has 0 saturated carbocycles. The monoisotopic (exact) mass is 721 g/mol. The van der Waals surface area contributed by atoms with E-state index in [0.717, 1.165) is 67.2 Å². The molecule has 0 aliphatic rings. The summed E-state index contributed by atoms with van der Waals surface area (Å²) in [6, 6.07) is 62.1. The molecule has 5 nitrogen and oxygen atoms in total. The first-order chi connectivity index (χ1) is 27.4. The summed E-state index contributed by atoms with van der Waals surface area (Å²) in [5.41, 5.74) is 14.4. The summed E-state index contributed by atoms with van der Waals surface area (Å²) < 4.78 is 2.38. The number of para-hydroxylation sites is 4. The molecular weight excluding hydrogens is 683 g/mol. The normalized spacial score (nSPS) is 11.8. The van der Waals surface area contributed by atoms with Crippen LogP contribution in [0.15, 0.2) is 182 Å². The molecule has 3 aromatic heterocycles. The third-order valence-corrected chi connectivity index (χ3v) is 10.8. The Bertz CT molecular complexity index is 3040. The number of anilines is 3. The molecule has 7 aromatic carbocycles. The maximum atomic E-state index is 5.16. The van der Waals surface area contributed by atoms with Gasteiger partial charge in [0.25, 0.3) is 0 Å². The van der Waals surface area contributed by atoms with Crippen molar-refractivity contribution in [3.63, 3.8) is 0 Å². The largest absolute Gasteiger partial charge is 0.309 e. The van der Waals surface area contributed by atoms with Crippen LogP contribution in [0.1, 0.15) is 26.3 Å². The number of hydrogen-bond acceptors (Lipinski definition) is 4. The summed E-state index contributed by atoms with van der Waals surface area (Å²) >= 11 is 0. The minimum atomic E-state index is 0.0598. The van der Waals surface area contributed by atoms with E-state index in [-0.39, 0.29) is 5.41 Å². The Morgan fingerprint density at radius 1 is 0.500 bits per heavy atom. The SMILES string of the molecule is CC(C)(C)c1ccc2c(c1)c1ccccc1n2-c1ccc(N(c2ccc(-c3nc4ccccc4nc3-c3ccccc3)cc2)c2cccc3cccnc23)cc1. The summed E-state index contributed by atoms with van der Waals surface area (Å²) in [6.45, 7) is 6.82. The lowest BCUT2D eigenvalue weighted by molar-refractivity contribution is 0.591. The zero-order chi connectivity index (χ0) is 37.8. The third kappa shape index (κ3) is 5.76. The fourth-order valence-electron chi connectivity index (χ4n) is 7.93. The molecule has 3 heterocycles. The Hall–Kier alpha value is -7.11. The quantitative estimate of drug-likeness (QED) is 0.171. The Labute approximate surface area is 326 Å². The first kappa shape index (κ1) is 33.5. The third-order valence-electron chi connectivity index (χ3n) is 10.8. The van der Waals surface area contributed by atoms with Crippen LogP contribution >= 0.6 is 0 Å². The summed E-state index contributed by atoms with van der Waals surface area (Å²) in [7, 11) is 0. The number of rotatable bonds is 6. The minimum absolute atomic E-state index is 0.0598. The molecule has 0 radical (unpaired) electrons. The maximum absolute atomic E-state index is 5.16. The molecule has 268 valence electrons. The van der Waals surface area contributed by atoms with Crippen LogP contribution in [0.3, 0.4) is 0 Å². The molecule has 0 N–H and O–H groups in total. The molecule has 0 amide bonds. The van der Waals surface area contributed by atoms with Crippen LogP contribution in [0.2, 0.25) is 0 Å². The second kappa shape index (κ2) is 13.3. The summed E-state index contributed by atoms with van der Waals surface area (Å²) in [5.74, 6) is 0. The number of nitrogens with zero attached hydrogens (tertiary/aromatic N) is 5. The van der Waals surface area contributed by atoms with E-state index in [1.807, 2.05) is 54.7 Å². The molecule has 0 saturated heterocycles. The molecule has 0 atom stereocenters. The van der Waals surface area contributed by atoms with Crippen LogP contribution in [0.4, 0.5) is 17.1 Å². The van der Waals surface area contributed by atoms with Crippen LogP contribution in [0, 0.1) is 0 Å². The van der Waals surface area contributed by atoms with Crippen LogP contribution in [-0.2, 0) is 5.41 Å². The fraction of sp³-hybridized carbons (Fsp3) is 0.0784. The van der Waals surface area contributed by atoms with Crippen molar-refractivity contribution >= 4 is 60.8 Å². The average Bonchev–Trinajstić information content (AvgIpc) is 3.58. The lowest BCUT2D eigenvalue weighted by Gasteiger charge is -2.27. The Morgan fingerprint density at radius 2 is 1.11 bits per heavy atom. The second-order valence-electron chi connectivity index (χ2n) is 15.4. The first-order valence-corrected chi connectivity index (χ1v) is 19.1. The summed E-state index contributed by atoms with van der Waals surface area (Å²) in [5, 5.41) is 3.61. The molecule has 0 fully saturated rings. The Kier molecular flexibility index (Phi) is 7.96. The van der Waals surface area contributed by atoms with Gasteiger partial charge in [-0.15, -0.1) is 0 Å². The zero-order valence-electron chi connectivity index (χ0n) is 31.6. The van der Waals surface area contributed by atoms with Crippen molar-refractivity contribution in [1.82, 2.24) is 19.5 Å². The van der Waals surface area contributed by atoms with Crippen molar-refractivity contribution in [2.75, 3.05) is 4.90 Å². The van der Waals surface area contributed by atoms with Gasteiger partial charge in [0.05, 0.1) is 44.7 Å². The van der Waals surface area contributed by atoms with Gasteiger partial charge in [0.2, 0.25) is 0 Å². The molecule has 0 unspecified atom stereocenters. The van der Waals surface area contributed by atoms with Crippen molar-refractivity contribution in [3.8, 4) is 28.2 Å². The van der Waals surface area contributed by atoms with Crippen LogP contribution in [-0.4, -0.2) is 19.5 Å². The first-order valence-electron chi connectivity index (χ1n) is 19.1. The van der Waals surface area contributed by atoms with Crippen molar-refractivity contribution in [2.45, 2.75) is 26.2 Å². The Balaban J connectivity index is 1.10. The topological polar surface area (TPSA) is 46.8 Å². The molecule has 5 heteroatoms. The number of fused-ring (bicyclic) bond motifs is 5. The van der Waals surface area contributed by atoms with E-state index in [9.17, 15) is 0 Å². The molecular formula is C51H39N5. The van der Waals surface area contributed by atoms with E-state index in [0.29, 0.717) is 0 Å². The molecule has 0 bridgehead atoms. The van der Waals surface area contributed by atoms with E-state index in [1.165, 1.54) is 27.4 Å². The Morgan fingerprint density at radius 3 is 1.82 bits per heavy atom. The summed E-state index contributed by atoms with van der Waals surface area (Å²) in [4.78, 5) is 17.4. The van der Waals surface area contributed by atoms with E-state index >= 15 is 0 Å². The lowest BCUT2D eigenvalue weighted by Crippen LogP contribution is -2.11. The molecule has 0 spiro atoms. The van der Waals surface area contributed by atoms with Crippen molar-refractivity contribution in [2.24, 2.45) is 0 Å². The number of hydrogen-bond donors (Lipinski definition) is 0. The van der Waals surface area contributed by atoms with Gasteiger partial charge in [-0.05, 0) is 89.8 Å². The molecule has 10 aromatic rings. The van der Waals surface area contributed by atoms with E-state index in [4.69, 9.17) is 15.0 Å². The highest BCUT2D eigenvalue weighted by atomic mass is 15.1. The standard InChI is InChI=1S/C51H39N5/c1-51(2,3)37-24-31-46-42(33-37)41-17-7-10-20-45(41)56(46)40-29-27-39(28-30-40)55(47-21-11-15-34-16-12-32-52-48(34)47)38-25-22-36(23-26-38)50-49(35-13-5-4-6-14-35)53-43-18-8-9-19-44(43)54-50/h4-33H,1-3H3. The van der Waals surface area contributed by atoms with Gasteiger partial charge in [0.1, 0.15) is 0 Å². The van der Waals surface area contributed by atoms with E-state index < -0.39 is 0 Å². The van der Waals surface area contributed by atoms with Crippen LogP contribution < -0.4 is 4.90 Å². The maximum Gasteiger partial charge on any atom is 0.0973 e. The van der Waals surface area contributed by atoms with Gasteiger partial charge < -0.3 is 9.47 Å². The van der Waals surface area contributed by atoms with Gasteiger partial charge in [0.15, 0.2) is 0 Å². The zero-order valence-corrected chi connectivity index (χ0v) is 31.6. The highest BCUT2D eigenvalue weighted by molar-refractivity contribution is 6.09. The highest BCUT2D eigenvalue weighted by Gasteiger charge is 2.21. The van der Waals surface area contributed by atoms with Gasteiger partial charge in [0, 0.05) is 50.5 Å². The predicted octanol–water partition coefficient (Wildman–Crippen LogP) is 13.4. The predicted molar refractivity (Wildman–Crippen MR) is 233 cm³/mol. The van der Waals surface area contributed by atoms with Crippen LogP contribution in [0.25, 0.3) is 71.9 Å². The molecule has 10 rings (SSSR count). The van der Waals surface area contributed by atoms with Gasteiger partial charge in [-0.2, -0.15) is 0 Å².